The van der Waals surface area contributed by atoms with Gasteiger partial charge in [-0.2, -0.15) is 0 Å². The third kappa shape index (κ3) is 3.03. The molecular formula is C10H12Cl2N2O. The van der Waals surface area contributed by atoms with Crippen LogP contribution in [0.2, 0.25) is 5.15 Å². The molecule has 1 fully saturated rings. The van der Waals surface area contributed by atoms with Crippen molar-refractivity contribution in [3.63, 3.8) is 0 Å². The average molecular weight is 247 g/mol. The van der Waals surface area contributed by atoms with Gasteiger partial charge in [-0.15, -0.1) is 11.6 Å². The van der Waals surface area contributed by atoms with Crippen LogP contribution in [0.4, 0.5) is 0 Å². The van der Waals surface area contributed by atoms with Crippen LogP contribution in [0.1, 0.15) is 24.4 Å². The Morgan fingerprint density at radius 3 is 3.00 bits per heavy atom. The van der Waals surface area contributed by atoms with E-state index in [9.17, 15) is 0 Å². The Morgan fingerprint density at radius 2 is 2.33 bits per heavy atom. The smallest absolute Gasteiger partial charge is 0.133 e. The molecule has 82 valence electrons. The molecule has 1 unspecified atom stereocenters. The van der Waals surface area contributed by atoms with E-state index >= 15 is 0 Å². The highest BCUT2D eigenvalue weighted by Gasteiger charge is 2.17. The summed E-state index contributed by atoms with van der Waals surface area (Å²) in [6.45, 7) is 0.841. The second kappa shape index (κ2) is 5.10. The topological polar surface area (TPSA) is 35.0 Å². The maximum absolute atomic E-state index is 5.86. The van der Waals surface area contributed by atoms with Crippen molar-refractivity contribution in [2.45, 2.75) is 31.2 Å². The first-order valence-electron chi connectivity index (χ1n) is 4.98. The van der Waals surface area contributed by atoms with Gasteiger partial charge in [-0.05, 0) is 18.9 Å². The number of hydrogen-bond donors (Lipinski definition) is 0. The molecule has 1 aromatic rings. The molecule has 3 nitrogen and oxygen atoms in total. The number of halogens is 2. The molecule has 1 aromatic heterocycles. The molecule has 1 aliphatic heterocycles. The molecule has 2 rings (SSSR count). The molecule has 0 aromatic carbocycles. The van der Waals surface area contributed by atoms with Crippen molar-refractivity contribution in [2.75, 3.05) is 6.61 Å². The van der Waals surface area contributed by atoms with E-state index in [1.165, 1.54) is 0 Å². The fraction of sp³-hybridized carbons (Fsp3) is 0.600. The molecule has 5 heteroatoms. The Bertz CT molecular complexity index is 340. The van der Waals surface area contributed by atoms with Gasteiger partial charge in [0.2, 0.25) is 0 Å². The number of aromatic nitrogens is 2. The van der Waals surface area contributed by atoms with Gasteiger partial charge in [0.25, 0.3) is 0 Å². The Morgan fingerprint density at radius 1 is 1.47 bits per heavy atom. The van der Waals surface area contributed by atoms with Crippen LogP contribution in [0.5, 0.6) is 0 Å². The maximum Gasteiger partial charge on any atom is 0.133 e. The average Bonchev–Trinajstić information content (AvgIpc) is 2.69. The highest BCUT2D eigenvalue weighted by atomic mass is 35.5. The molecule has 0 radical (unpaired) electrons. The predicted molar refractivity (Wildman–Crippen MR) is 59.3 cm³/mol. The third-order valence-electron chi connectivity index (χ3n) is 2.37. The van der Waals surface area contributed by atoms with Gasteiger partial charge in [-0.25, -0.2) is 9.97 Å². The molecule has 0 saturated carbocycles. The lowest BCUT2D eigenvalue weighted by Gasteiger charge is -2.08. The quantitative estimate of drug-likeness (QED) is 0.608. The van der Waals surface area contributed by atoms with E-state index in [1.54, 1.807) is 6.07 Å². The second-order valence-corrected chi connectivity index (χ2v) is 4.23. The molecule has 0 N–H and O–H groups in total. The van der Waals surface area contributed by atoms with Crippen molar-refractivity contribution >= 4 is 23.2 Å². The Balaban J connectivity index is 2.09. The zero-order chi connectivity index (χ0) is 10.7. The summed E-state index contributed by atoms with van der Waals surface area (Å²) in [4.78, 5) is 8.47. The summed E-state index contributed by atoms with van der Waals surface area (Å²) in [5.74, 6) is 1.09. The molecule has 0 bridgehead atoms. The zero-order valence-electron chi connectivity index (χ0n) is 8.25. The summed E-state index contributed by atoms with van der Waals surface area (Å²) >= 11 is 11.6. The van der Waals surface area contributed by atoms with E-state index in [2.05, 4.69) is 9.97 Å². The third-order valence-corrected chi connectivity index (χ3v) is 2.83. The van der Waals surface area contributed by atoms with Gasteiger partial charge in [-0.3, -0.25) is 0 Å². The first-order chi connectivity index (χ1) is 7.28. The molecule has 0 amide bonds. The van der Waals surface area contributed by atoms with Crippen LogP contribution in [0.15, 0.2) is 6.07 Å². The minimum absolute atomic E-state index is 0.242. The van der Waals surface area contributed by atoms with Crippen molar-refractivity contribution in [2.24, 2.45) is 0 Å². The summed E-state index contributed by atoms with van der Waals surface area (Å²) in [5, 5.41) is 0.452. The minimum Gasteiger partial charge on any atom is -0.378 e. The zero-order valence-corrected chi connectivity index (χ0v) is 9.76. The highest BCUT2D eigenvalue weighted by Crippen LogP contribution is 2.17. The number of alkyl halides is 1. The Hall–Kier alpha value is -0.380. The minimum atomic E-state index is 0.242. The lowest BCUT2D eigenvalue weighted by Crippen LogP contribution is -2.12. The Kier molecular flexibility index (Phi) is 3.78. The van der Waals surface area contributed by atoms with E-state index in [0.717, 1.165) is 37.4 Å². The molecule has 1 saturated heterocycles. The fourth-order valence-corrected chi connectivity index (χ4v) is 2.05. The number of nitrogens with zero attached hydrogens (tertiary/aromatic N) is 2. The van der Waals surface area contributed by atoms with Crippen LogP contribution in [-0.4, -0.2) is 22.7 Å². The van der Waals surface area contributed by atoms with Crippen LogP contribution in [0.3, 0.4) is 0 Å². The van der Waals surface area contributed by atoms with Gasteiger partial charge < -0.3 is 4.74 Å². The summed E-state index contributed by atoms with van der Waals surface area (Å²) in [7, 11) is 0. The Labute approximate surface area is 98.8 Å². The van der Waals surface area contributed by atoms with Crippen LogP contribution in [-0.2, 0) is 17.0 Å². The van der Waals surface area contributed by atoms with Crippen LogP contribution < -0.4 is 0 Å². The van der Waals surface area contributed by atoms with Gasteiger partial charge in [-0.1, -0.05) is 11.6 Å². The predicted octanol–water partition coefficient (Wildman–Crippen LogP) is 2.59. The fourth-order valence-electron chi connectivity index (χ4n) is 1.68. The standard InChI is InChI=1S/C10H12Cl2N2O/c11-6-7-4-9(12)14-10(13-7)5-8-2-1-3-15-8/h4,8H,1-3,5-6H2. The maximum atomic E-state index is 5.86. The van der Waals surface area contributed by atoms with Crippen LogP contribution >= 0.6 is 23.2 Å². The summed E-state index contributed by atoms with van der Waals surface area (Å²) < 4.78 is 5.51. The van der Waals surface area contributed by atoms with E-state index in [-0.39, 0.29) is 6.10 Å². The molecule has 2 heterocycles. The van der Waals surface area contributed by atoms with Gasteiger partial charge in [0, 0.05) is 13.0 Å². The summed E-state index contributed by atoms with van der Waals surface area (Å²) in [5.41, 5.74) is 0.768. The van der Waals surface area contributed by atoms with E-state index in [0.29, 0.717) is 11.0 Å². The first-order valence-corrected chi connectivity index (χ1v) is 5.89. The van der Waals surface area contributed by atoms with Crippen molar-refractivity contribution in [1.29, 1.82) is 0 Å². The monoisotopic (exact) mass is 246 g/mol. The van der Waals surface area contributed by atoms with Crippen molar-refractivity contribution in [3.8, 4) is 0 Å². The van der Waals surface area contributed by atoms with Gasteiger partial charge in [0.1, 0.15) is 11.0 Å². The molecule has 0 aliphatic carbocycles. The van der Waals surface area contributed by atoms with E-state index in [1.807, 2.05) is 0 Å². The molecular weight excluding hydrogens is 235 g/mol. The van der Waals surface area contributed by atoms with Crippen molar-refractivity contribution in [1.82, 2.24) is 9.97 Å². The van der Waals surface area contributed by atoms with Crippen molar-refractivity contribution in [3.05, 3.63) is 22.7 Å². The lowest BCUT2D eigenvalue weighted by molar-refractivity contribution is 0.110. The molecule has 1 aliphatic rings. The molecule has 0 spiro atoms. The second-order valence-electron chi connectivity index (χ2n) is 3.57. The van der Waals surface area contributed by atoms with E-state index < -0.39 is 0 Å². The summed E-state index contributed by atoms with van der Waals surface area (Å²) in [6, 6.07) is 1.69. The van der Waals surface area contributed by atoms with Crippen molar-refractivity contribution < 1.29 is 4.74 Å². The van der Waals surface area contributed by atoms with Gasteiger partial charge >= 0.3 is 0 Å². The lowest BCUT2D eigenvalue weighted by atomic mass is 10.2. The molecule has 1 atom stereocenters. The normalized spacial score (nSPS) is 20.8. The molecule has 15 heavy (non-hydrogen) atoms. The van der Waals surface area contributed by atoms with E-state index in [4.69, 9.17) is 27.9 Å². The number of hydrogen-bond acceptors (Lipinski definition) is 3. The van der Waals surface area contributed by atoms with Gasteiger partial charge in [0.15, 0.2) is 0 Å². The number of rotatable bonds is 3. The van der Waals surface area contributed by atoms with Crippen LogP contribution in [0, 0.1) is 0 Å². The largest absolute Gasteiger partial charge is 0.378 e. The van der Waals surface area contributed by atoms with Crippen LogP contribution in [0.25, 0.3) is 0 Å². The van der Waals surface area contributed by atoms with Gasteiger partial charge in [0.05, 0.1) is 17.7 Å². The SMILES string of the molecule is ClCc1cc(Cl)nc(CC2CCCO2)n1. The first kappa shape index (κ1) is 11.1. The highest BCUT2D eigenvalue weighted by molar-refractivity contribution is 6.29. The summed E-state index contributed by atoms with van der Waals surface area (Å²) in [6.07, 6.45) is 3.16. The number of ether oxygens (including phenoxy) is 1.